The van der Waals surface area contributed by atoms with E-state index in [9.17, 15) is 18.0 Å². The van der Waals surface area contributed by atoms with Gasteiger partial charge in [0.05, 0.1) is 11.7 Å². The summed E-state index contributed by atoms with van der Waals surface area (Å²) in [6, 6.07) is 0.779. The van der Waals surface area contributed by atoms with Crippen molar-refractivity contribution >= 4 is 11.6 Å². The molecule has 0 bridgehead atoms. The van der Waals surface area contributed by atoms with Crippen molar-refractivity contribution in [3.63, 3.8) is 0 Å². The molecule has 1 atom stereocenters. The fraction of sp³-hybridized carbons (Fsp3) is 0.222. The summed E-state index contributed by atoms with van der Waals surface area (Å²) in [7, 11) is 0. The van der Waals surface area contributed by atoms with Crippen molar-refractivity contribution in [3.8, 4) is 0 Å². The summed E-state index contributed by atoms with van der Waals surface area (Å²) in [6.07, 6.45) is 0. The largest absolute Gasteiger partial charge is 0.322 e. The van der Waals surface area contributed by atoms with Crippen molar-refractivity contribution < 1.29 is 18.0 Å². The molecule has 3 N–H and O–H groups in total. The average molecular weight is 218 g/mol. The van der Waals surface area contributed by atoms with Crippen LogP contribution in [0.5, 0.6) is 0 Å². The van der Waals surface area contributed by atoms with E-state index in [-0.39, 0.29) is 0 Å². The molecule has 6 heteroatoms. The highest BCUT2D eigenvalue weighted by Gasteiger charge is 2.16. The second kappa shape index (κ2) is 4.31. The number of hydrogen-bond acceptors (Lipinski definition) is 2. The SMILES string of the molecule is C[C@@H](N)C(=O)Nc1ccc(F)c(F)c1F. The molecule has 1 rings (SSSR count). The Labute approximate surface area is 84.1 Å². The topological polar surface area (TPSA) is 55.1 Å². The molecule has 0 spiro atoms. The van der Waals surface area contributed by atoms with Gasteiger partial charge in [-0.2, -0.15) is 0 Å². The Bertz CT molecular complexity index is 393. The lowest BCUT2D eigenvalue weighted by Crippen LogP contribution is -2.32. The van der Waals surface area contributed by atoms with Crippen molar-refractivity contribution in [2.24, 2.45) is 5.73 Å². The first-order valence-electron chi connectivity index (χ1n) is 4.13. The molecule has 82 valence electrons. The van der Waals surface area contributed by atoms with Crippen LogP contribution in [0.15, 0.2) is 12.1 Å². The minimum Gasteiger partial charge on any atom is -0.322 e. The molecule has 3 nitrogen and oxygen atoms in total. The first-order valence-corrected chi connectivity index (χ1v) is 4.13. The van der Waals surface area contributed by atoms with E-state index in [1.54, 1.807) is 0 Å². The third-order valence-electron chi connectivity index (χ3n) is 1.71. The van der Waals surface area contributed by atoms with Gasteiger partial charge in [-0.25, -0.2) is 13.2 Å². The maximum atomic E-state index is 13.0. The van der Waals surface area contributed by atoms with Crippen LogP contribution in [-0.4, -0.2) is 11.9 Å². The Hall–Kier alpha value is -1.56. The zero-order chi connectivity index (χ0) is 11.6. The predicted octanol–water partition coefficient (Wildman–Crippen LogP) is 1.39. The fourth-order valence-corrected chi connectivity index (χ4v) is 0.869. The molecular weight excluding hydrogens is 209 g/mol. The average Bonchev–Trinajstić information content (AvgIpc) is 2.18. The minimum absolute atomic E-state index is 0.434. The molecule has 1 amide bonds. The van der Waals surface area contributed by atoms with Crippen molar-refractivity contribution in [3.05, 3.63) is 29.6 Å². The van der Waals surface area contributed by atoms with E-state index in [2.05, 4.69) is 0 Å². The highest BCUT2D eigenvalue weighted by molar-refractivity contribution is 5.94. The van der Waals surface area contributed by atoms with Crippen LogP contribution in [-0.2, 0) is 4.79 Å². The Morgan fingerprint density at radius 1 is 1.33 bits per heavy atom. The van der Waals surface area contributed by atoms with Crippen molar-refractivity contribution in [2.75, 3.05) is 5.32 Å². The molecule has 1 aromatic carbocycles. The van der Waals surface area contributed by atoms with Gasteiger partial charge in [-0.1, -0.05) is 0 Å². The number of benzene rings is 1. The maximum absolute atomic E-state index is 13.0. The molecule has 0 aromatic heterocycles. The highest BCUT2D eigenvalue weighted by atomic mass is 19.2. The molecule has 0 heterocycles. The zero-order valence-electron chi connectivity index (χ0n) is 7.85. The zero-order valence-corrected chi connectivity index (χ0v) is 7.85. The molecule has 0 fully saturated rings. The third-order valence-corrected chi connectivity index (χ3v) is 1.71. The van der Waals surface area contributed by atoms with Gasteiger partial charge in [-0.3, -0.25) is 4.79 Å². The van der Waals surface area contributed by atoms with Crippen LogP contribution in [0.25, 0.3) is 0 Å². The maximum Gasteiger partial charge on any atom is 0.241 e. The van der Waals surface area contributed by atoms with Crippen LogP contribution < -0.4 is 11.1 Å². The van der Waals surface area contributed by atoms with Gasteiger partial charge in [0.1, 0.15) is 0 Å². The van der Waals surface area contributed by atoms with Gasteiger partial charge in [-0.05, 0) is 19.1 Å². The van der Waals surface area contributed by atoms with Crippen LogP contribution in [0.1, 0.15) is 6.92 Å². The summed E-state index contributed by atoms with van der Waals surface area (Å²) in [5.41, 5.74) is 4.77. The molecule has 0 aliphatic rings. The number of rotatable bonds is 2. The van der Waals surface area contributed by atoms with Crippen LogP contribution in [0.4, 0.5) is 18.9 Å². The number of carbonyl (C=O) groups is 1. The van der Waals surface area contributed by atoms with Gasteiger partial charge in [-0.15, -0.1) is 0 Å². The van der Waals surface area contributed by atoms with Gasteiger partial charge in [0.2, 0.25) is 5.91 Å². The molecular formula is C9H9F3N2O. The second-order valence-corrected chi connectivity index (χ2v) is 3.00. The standard InChI is InChI=1S/C9H9F3N2O/c1-4(13)9(15)14-6-3-2-5(10)7(11)8(6)12/h2-4H,13H2,1H3,(H,14,15)/t4-/m1/s1. The number of anilines is 1. The van der Waals surface area contributed by atoms with E-state index >= 15 is 0 Å². The van der Waals surface area contributed by atoms with Gasteiger partial charge in [0, 0.05) is 0 Å². The smallest absolute Gasteiger partial charge is 0.241 e. The molecule has 0 unspecified atom stereocenters. The van der Waals surface area contributed by atoms with Gasteiger partial charge < -0.3 is 11.1 Å². The van der Waals surface area contributed by atoms with E-state index in [1.807, 2.05) is 5.32 Å². The molecule has 0 aliphatic carbocycles. The summed E-state index contributed by atoms with van der Waals surface area (Å²) in [5, 5.41) is 2.03. The second-order valence-electron chi connectivity index (χ2n) is 3.00. The molecule has 1 aromatic rings. The fourth-order valence-electron chi connectivity index (χ4n) is 0.869. The first-order chi connectivity index (χ1) is 6.93. The number of amides is 1. The van der Waals surface area contributed by atoms with E-state index in [0.29, 0.717) is 0 Å². The minimum atomic E-state index is -1.63. The van der Waals surface area contributed by atoms with Crippen LogP contribution >= 0.6 is 0 Å². The summed E-state index contributed by atoms with van der Waals surface area (Å²) in [4.78, 5) is 11.0. The normalized spacial score (nSPS) is 12.3. The lowest BCUT2D eigenvalue weighted by Gasteiger charge is -2.08. The van der Waals surface area contributed by atoms with Crippen LogP contribution in [0, 0.1) is 17.5 Å². The Morgan fingerprint density at radius 3 is 2.47 bits per heavy atom. The number of nitrogens with two attached hydrogens (primary N) is 1. The number of hydrogen-bond donors (Lipinski definition) is 2. The lowest BCUT2D eigenvalue weighted by atomic mass is 10.2. The molecule has 0 saturated carbocycles. The van der Waals surface area contributed by atoms with E-state index < -0.39 is 35.1 Å². The quantitative estimate of drug-likeness (QED) is 0.737. The summed E-state index contributed by atoms with van der Waals surface area (Å²) in [5.74, 6) is -5.06. The monoisotopic (exact) mass is 218 g/mol. The van der Waals surface area contributed by atoms with Crippen LogP contribution in [0.2, 0.25) is 0 Å². The van der Waals surface area contributed by atoms with E-state index in [0.717, 1.165) is 12.1 Å². The molecule has 0 radical (unpaired) electrons. The molecule has 0 saturated heterocycles. The number of halogens is 3. The molecule has 0 aliphatic heterocycles. The summed E-state index contributed by atoms with van der Waals surface area (Å²) in [6.45, 7) is 1.38. The van der Waals surface area contributed by atoms with Gasteiger partial charge >= 0.3 is 0 Å². The number of nitrogens with one attached hydrogen (secondary N) is 1. The van der Waals surface area contributed by atoms with Crippen molar-refractivity contribution in [2.45, 2.75) is 13.0 Å². The first kappa shape index (κ1) is 11.5. The highest BCUT2D eigenvalue weighted by Crippen LogP contribution is 2.19. The Kier molecular flexibility index (Phi) is 3.31. The van der Waals surface area contributed by atoms with E-state index in [1.165, 1.54) is 6.92 Å². The Balaban J connectivity index is 2.97. The summed E-state index contributed by atoms with van der Waals surface area (Å²) >= 11 is 0. The summed E-state index contributed by atoms with van der Waals surface area (Å²) < 4.78 is 38.2. The van der Waals surface area contributed by atoms with Crippen LogP contribution in [0.3, 0.4) is 0 Å². The van der Waals surface area contributed by atoms with E-state index in [4.69, 9.17) is 5.73 Å². The lowest BCUT2D eigenvalue weighted by molar-refractivity contribution is -0.117. The predicted molar refractivity (Wildman–Crippen MR) is 48.6 cm³/mol. The van der Waals surface area contributed by atoms with Gasteiger partial charge in [0.15, 0.2) is 17.5 Å². The molecule has 15 heavy (non-hydrogen) atoms. The third kappa shape index (κ3) is 2.47. The number of carbonyl (C=O) groups excluding carboxylic acids is 1. The van der Waals surface area contributed by atoms with Gasteiger partial charge in [0.25, 0.3) is 0 Å². The van der Waals surface area contributed by atoms with Crippen molar-refractivity contribution in [1.29, 1.82) is 0 Å². The van der Waals surface area contributed by atoms with Crippen molar-refractivity contribution in [1.82, 2.24) is 0 Å². The Morgan fingerprint density at radius 2 is 1.93 bits per heavy atom.